The first-order valence-corrected chi connectivity index (χ1v) is 14.2. The molecule has 4 heterocycles. The van der Waals surface area contributed by atoms with E-state index < -0.39 is 0 Å². The number of hydrogen-bond acceptors (Lipinski definition) is 7. The van der Waals surface area contributed by atoms with Crippen LogP contribution in [0.3, 0.4) is 0 Å². The Labute approximate surface area is 234 Å². The topological polar surface area (TPSA) is 67.7 Å². The first-order chi connectivity index (χ1) is 19.0. The van der Waals surface area contributed by atoms with Crippen LogP contribution in [0.5, 0.6) is 5.88 Å². The zero-order valence-electron chi connectivity index (χ0n) is 22.3. The molecule has 3 aliphatic heterocycles. The maximum atomic E-state index is 16.3. The summed E-state index contributed by atoms with van der Waals surface area (Å²) in [6, 6.07) is 14.7. The Bertz CT molecular complexity index is 1410. The number of nitrogens with one attached hydrogen (secondary N) is 1. The highest BCUT2D eigenvalue weighted by Crippen LogP contribution is 2.39. The zero-order chi connectivity index (χ0) is 26.9. The van der Waals surface area contributed by atoms with Gasteiger partial charge < -0.3 is 24.8 Å². The number of nitriles is 1. The molecule has 9 heteroatoms. The molecule has 2 fully saturated rings. The summed E-state index contributed by atoms with van der Waals surface area (Å²) in [5.74, 6) is -0.300. The van der Waals surface area contributed by atoms with Crippen molar-refractivity contribution in [1.82, 2.24) is 15.2 Å². The highest BCUT2D eigenvalue weighted by Gasteiger charge is 2.32. The number of nitrogens with zero attached hydrogens (tertiary/aromatic N) is 5. The number of benzene rings is 2. The number of hydrogen-bond donors (Lipinski definition) is 1. The van der Waals surface area contributed by atoms with E-state index in [2.05, 4.69) is 57.4 Å². The molecule has 7 nitrogen and oxygen atoms in total. The Kier molecular flexibility index (Phi) is 7.48. The monoisotopic (exact) mass is 548 g/mol. The Morgan fingerprint density at radius 3 is 2.82 bits per heavy atom. The third-order valence-corrected chi connectivity index (χ3v) is 8.72. The lowest BCUT2D eigenvalue weighted by molar-refractivity contribution is 0.187. The second-order valence-electron chi connectivity index (χ2n) is 10.8. The molecule has 1 aromatic heterocycles. The Morgan fingerprint density at radius 1 is 1.18 bits per heavy atom. The highest BCUT2D eigenvalue weighted by molar-refractivity contribution is 6.36. The zero-order valence-corrected chi connectivity index (χ0v) is 23.1. The van der Waals surface area contributed by atoms with Crippen molar-refractivity contribution in [1.29, 1.82) is 5.26 Å². The summed E-state index contributed by atoms with van der Waals surface area (Å²) in [5, 5.41) is 15.5. The number of likely N-dealkylation sites (N-methyl/N-ethyl adjacent to an activating group) is 1. The minimum Gasteiger partial charge on any atom is -0.474 e. The SMILES string of the molecule is CN1CCCC1COc1nc2c(c(N3CCNC(CC#N)C3)c1F)CCN(c1cccc3cccc(Cl)c13)C2. The number of anilines is 2. The van der Waals surface area contributed by atoms with Crippen molar-refractivity contribution >= 4 is 33.7 Å². The lowest BCUT2D eigenvalue weighted by atomic mass is 9.98. The lowest BCUT2D eigenvalue weighted by Crippen LogP contribution is -2.51. The number of piperazine rings is 1. The van der Waals surface area contributed by atoms with Gasteiger partial charge in [0.25, 0.3) is 5.88 Å². The van der Waals surface area contributed by atoms with E-state index in [0.717, 1.165) is 58.7 Å². The van der Waals surface area contributed by atoms with Gasteiger partial charge in [0.15, 0.2) is 0 Å². The van der Waals surface area contributed by atoms with Crippen molar-refractivity contribution < 1.29 is 9.13 Å². The maximum Gasteiger partial charge on any atom is 0.253 e. The van der Waals surface area contributed by atoms with Gasteiger partial charge >= 0.3 is 0 Å². The molecule has 2 aromatic carbocycles. The van der Waals surface area contributed by atoms with Crippen molar-refractivity contribution in [3.8, 4) is 11.9 Å². The van der Waals surface area contributed by atoms with E-state index in [-0.39, 0.29) is 23.8 Å². The molecule has 0 saturated carbocycles. The van der Waals surface area contributed by atoms with Crippen molar-refractivity contribution in [3.63, 3.8) is 0 Å². The van der Waals surface area contributed by atoms with Crippen molar-refractivity contribution in [2.75, 3.05) is 56.2 Å². The molecule has 6 rings (SSSR count). The van der Waals surface area contributed by atoms with Gasteiger partial charge in [-0.15, -0.1) is 0 Å². The number of halogens is 2. The molecule has 204 valence electrons. The van der Waals surface area contributed by atoms with Crippen molar-refractivity contribution in [2.45, 2.75) is 44.3 Å². The lowest BCUT2D eigenvalue weighted by Gasteiger charge is -2.38. The van der Waals surface area contributed by atoms with Crippen LogP contribution in [0.25, 0.3) is 10.8 Å². The van der Waals surface area contributed by atoms with Crippen LogP contribution < -0.4 is 19.9 Å². The molecule has 3 aliphatic rings. The number of aromatic nitrogens is 1. The fourth-order valence-electron chi connectivity index (χ4n) is 6.32. The molecule has 0 aliphatic carbocycles. The predicted octanol–water partition coefficient (Wildman–Crippen LogP) is 4.75. The first-order valence-electron chi connectivity index (χ1n) is 13.8. The number of pyridine rings is 1. The van der Waals surface area contributed by atoms with Crippen LogP contribution in [0, 0.1) is 17.1 Å². The summed E-state index contributed by atoms with van der Waals surface area (Å²) >= 11 is 6.66. The fourth-order valence-corrected chi connectivity index (χ4v) is 6.60. The largest absolute Gasteiger partial charge is 0.474 e. The van der Waals surface area contributed by atoms with Gasteiger partial charge in [-0.25, -0.2) is 4.98 Å². The van der Waals surface area contributed by atoms with Crippen LogP contribution in [0.2, 0.25) is 5.02 Å². The molecule has 0 amide bonds. The van der Waals surface area contributed by atoms with Gasteiger partial charge in [0.2, 0.25) is 5.82 Å². The molecule has 0 spiro atoms. The summed E-state index contributed by atoms with van der Waals surface area (Å²) < 4.78 is 22.4. The number of likely N-dealkylation sites (tertiary alicyclic amines) is 1. The van der Waals surface area contributed by atoms with E-state index in [1.54, 1.807) is 0 Å². The average Bonchev–Trinajstić information content (AvgIpc) is 3.36. The molecular weight excluding hydrogens is 515 g/mol. The summed E-state index contributed by atoms with van der Waals surface area (Å²) in [5.41, 5.74) is 3.43. The molecule has 0 bridgehead atoms. The van der Waals surface area contributed by atoms with E-state index >= 15 is 4.39 Å². The number of fused-ring (bicyclic) bond motifs is 2. The molecule has 0 radical (unpaired) electrons. The van der Waals surface area contributed by atoms with Gasteiger partial charge in [0.1, 0.15) is 6.61 Å². The van der Waals surface area contributed by atoms with Gasteiger partial charge in [-0.05, 0) is 50.4 Å². The Hall–Kier alpha value is -3.12. The second kappa shape index (κ2) is 11.2. The summed E-state index contributed by atoms with van der Waals surface area (Å²) in [6.07, 6.45) is 3.21. The smallest absolute Gasteiger partial charge is 0.253 e. The summed E-state index contributed by atoms with van der Waals surface area (Å²) in [4.78, 5) is 11.5. The second-order valence-corrected chi connectivity index (χ2v) is 11.2. The van der Waals surface area contributed by atoms with E-state index in [1.165, 1.54) is 0 Å². The molecule has 3 aromatic rings. The first kappa shape index (κ1) is 26.1. The third kappa shape index (κ3) is 5.11. The molecule has 39 heavy (non-hydrogen) atoms. The van der Waals surface area contributed by atoms with Crippen molar-refractivity contribution in [2.24, 2.45) is 0 Å². The average molecular weight is 549 g/mol. The standard InChI is InChI=1S/C30H34ClFN6O/c1-36-14-4-7-22(36)19-39-30-28(32)29(38-16-13-34-21(17-38)10-12-33)23-11-15-37(18-25(23)35-30)26-9-3-6-20-5-2-8-24(31)27(20)26/h2-3,5-6,8-9,21-22,34H,4,7,10-11,13-19H2,1H3. The van der Waals surface area contributed by atoms with Crippen molar-refractivity contribution in [3.05, 3.63) is 58.5 Å². The predicted molar refractivity (Wildman–Crippen MR) is 153 cm³/mol. The van der Waals surface area contributed by atoms with Gasteiger partial charge in [0, 0.05) is 54.9 Å². The molecule has 2 unspecified atom stereocenters. The van der Waals surface area contributed by atoms with Gasteiger partial charge in [-0.3, -0.25) is 0 Å². The van der Waals surface area contributed by atoms with Crippen LogP contribution in [0.15, 0.2) is 36.4 Å². The van der Waals surface area contributed by atoms with Gasteiger partial charge in [-0.1, -0.05) is 35.9 Å². The van der Waals surface area contributed by atoms with Crippen LogP contribution >= 0.6 is 11.6 Å². The van der Waals surface area contributed by atoms with Crippen LogP contribution in [0.4, 0.5) is 15.8 Å². The Morgan fingerprint density at radius 2 is 2.03 bits per heavy atom. The number of ether oxygens (including phenoxy) is 1. The van der Waals surface area contributed by atoms with Crippen LogP contribution in [0.1, 0.15) is 30.5 Å². The minimum absolute atomic E-state index is 0.00128. The van der Waals surface area contributed by atoms with Crippen LogP contribution in [-0.2, 0) is 13.0 Å². The normalized spacial score (nSPS) is 21.7. The molecular formula is C30H34ClFN6O. The third-order valence-electron chi connectivity index (χ3n) is 8.40. The van der Waals surface area contributed by atoms with E-state index in [4.69, 9.17) is 21.3 Å². The fraction of sp³-hybridized carbons (Fsp3) is 0.467. The van der Waals surface area contributed by atoms with E-state index in [0.29, 0.717) is 51.3 Å². The molecule has 1 N–H and O–H groups in total. The van der Waals surface area contributed by atoms with E-state index in [9.17, 15) is 5.26 Å². The number of rotatable bonds is 6. The summed E-state index contributed by atoms with van der Waals surface area (Å²) in [7, 11) is 2.09. The molecule has 2 saturated heterocycles. The maximum absolute atomic E-state index is 16.3. The molecule has 2 atom stereocenters. The van der Waals surface area contributed by atoms with E-state index in [1.807, 2.05) is 12.1 Å². The quantitative estimate of drug-likeness (QED) is 0.476. The van der Waals surface area contributed by atoms with Crippen LogP contribution in [-0.4, -0.2) is 68.3 Å². The highest BCUT2D eigenvalue weighted by atomic mass is 35.5. The Balaban J connectivity index is 1.37. The minimum atomic E-state index is -0.381. The van der Waals surface area contributed by atoms with Gasteiger partial charge in [0.05, 0.1) is 35.4 Å². The van der Waals surface area contributed by atoms with Gasteiger partial charge in [-0.2, -0.15) is 9.65 Å². The summed E-state index contributed by atoms with van der Waals surface area (Å²) in [6.45, 7) is 4.67.